The van der Waals surface area contributed by atoms with Gasteiger partial charge in [-0.3, -0.25) is 9.59 Å². The fraction of sp³-hybridized carbons (Fsp3) is 0.467. The molecule has 4 nitrogen and oxygen atoms in total. The van der Waals surface area contributed by atoms with Gasteiger partial charge in [-0.2, -0.15) is 0 Å². The maximum absolute atomic E-state index is 14.0. The summed E-state index contributed by atoms with van der Waals surface area (Å²) in [6, 6.07) is 3.75. The minimum Gasteiger partial charge on any atom is -0.343 e. The summed E-state index contributed by atoms with van der Waals surface area (Å²) in [6.07, 6.45) is 0.434. The number of rotatable bonds is 3. The highest BCUT2D eigenvalue weighted by atomic mass is 35.5. The fourth-order valence-electron chi connectivity index (χ4n) is 2.46. The Labute approximate surface area is 128 Å². The van der Waals surface area contributed by atoms with Crippen LogP contribution in [0.25, 0.3) is 0 Å². The van der Waals surface area contributed by atoms with Gasteiger partial charge in [0.2, 0.25) is 11.8 Å². The number of piperazine rings is 1. The normalized spacial score (nSPS) is 26.0. The number of nitrogens with one attached hydrogen (secondary N) is 1. The lowest BCUT2D eigenvalue weighted by atomic mass is 9.90. The molecule has 21 heavy (non-hydrogen) atoms. The summed E-state index contributed by atoms with van der Waals surface area (Å²) in [4.78, 5) is 26.1. The van der Waals surface area contributed by atoms with Crippen LogP contribution in [0.2, 0.25) is 5.02 Å². The number of carbonyl (C=O) groups is 2. The van der Waals surface area contributed by atoms with Gasteiger partial charge in [-0.15, -0.1) is 0 Å². The highest BCUT2D eigenvalue weighted by Gasteiger charge is 2.47. The Hall–Kier alpha value is -1.62. The van der Waals surface area contributed by atoms with Crippen molar-refractivity contribution in [2.75, 3.05) is 0 Å². The Morgan fingerprint density at radius 2 is 2.10 bits per heavy atom. The van der Waals surface area contributed by atoms with Crippen molar-refractivity contribution in [3.05, 3.63) is 34.6 Å². The zero-order valence-electron chi connectivity index (χ0n) is 12.2. The van der Waals surface area contributed by atoms with Crippen LogP contribution in [0.3, 0.4) is 0 Å². The predicted molar refractivity (Wildman–Crippen MR) is 78.3 cm³/mol. The third kappa shape index (κ3) is 2.62. The minimum absolute atomic E-state index is 0.0214. The summed E-state index contributed by atoms with van der Waals surface area (Å²) in [5.41, 5.74) is -0.774. The van der Waals surface area contributed by atoms with E-state index < -0.39 is 17.4 Å². The third-order valence-corrected chi connectivity index (χ3v) is 4.49. The lowest BCUT2D eigenvalue weighted by molar-refractivity contribution is -0.157. The van der Waals surface area contributed by atoms with E-state index in [1.54, 1.807) is 19.9 Å². The smallest absolute Gasteiger partial charge is 0.246 e. The van der Waals surface area contributed by atoms with E-state index in [-0.39, 0.29) is 28.9 Å². The van der Waals surface area contributed by atoms with E-state index in [0.717, 1.165) is 0 Å². The minimum atomic E-state index is -1.00. The van der Waals surface area contributed by atoms with Gasteiger partial charge in [0.1, 0.15) is 17.4 Å². The molecule has 1 aliphatic heterocycles. The van der Waals surface area contributed by atoms with Crippen molar-refractivity contribution in [1.29, 1.82) is 0 Å². The van der Waals surface area contributed by atoms with Crippen molar-refractivity contribution >= 4 is 23.4 Å². The van der Waals surface area contributed by atoms with E-state index in [1.807, 2.05) is 6.92 Å². The second kappa shape index (κ2) is 5.64. The number of halogens is 2. The second-order valence-electron chi connectivity index (χ2n) is 5.45. The zero-order chi connectivity index (χ0) is 15.8. The first kappa shape index (κ1) is 15.8. The molecule has 2 atom stereocenters. The number of benzene rings is 1. The first-order chi connectivity index (χ1) is 9.81. The first-order valence-electron chi connectivity index (χ1n) is 6.86. The molecule has 2 unspecified atom stereocenters. The quantitative estimate of drug-likeness (QED) is 0.932. The van der Waals surface area contributed by atoms with Crippen molar-refractivity contribution in [3.63, 3.8) is 0 Å². The largest absolute Gasteiger partial charge is 0.343 e. The number of amides is 2. The van der Waals surface area contributed by atoms with E-state index in [1.165, 1.54) is 17.0 Å². The molecule has 2 rings (SSSR count). The standard InChI is InChI=1S/C15H18ClFN2O2/c1-4-15(3)14(21)18-9(2)13(20)19(15)8-10-11(16)6-5-7-12(10)17/h5-7,9H,4,8H2,1-3H3,(H,18,21). The summed E-state index contributed by atoms with van der Waals surface area (Å²) < 4.78 is 14.0. The van der Waals surface area contributed by atoms with E-state index in [0.29, 0.717) is 6.42 Å². The highest BCUT2D eigenvalue weighted by molar-refractivity contribution is 6.31. The van der Waals surface area contributed by atoms with Gasteiger partial charge in [0.25, 0.3) is 0 Å². The van der Waals surface area contributed by atoms with Gasteiger partial charge < -0.3 is 10.2 Å². The Kier molecular flexibility index (Phi) is 4.23. The van der Waals surface area contributed by atoms with Crippen LogP contribution in [0, 0.1) is 5.82 Å². The highest BCUT2D eigenvalue weighted by Crippen LogP contribution is 2.30. The van der Waals surface area contributed by atoms with E-state index in [9.17, 15) is 14.0 Å². The molecule has 1 heterocycles. The maximum Gasteiger partial charge on any atom is 0.246 e. The molecule has 0 bridgehead atoms. The van der Waals surface area contributed by atoms with Gasteiger partial charge in [0, 0.05) is 10.6 Å². The molecule has 114 valence electrons. The molecule has 0 aromatic heterocycles. The molecule has 1 aromatic rings. The van der Waals surface area contributed by atoms with Crippen LogP contribution >= 0.6 is 11.6 Å². The topological polar surface area (TPSA) is 49.4 Å². The summed E-state index contributed by atoms with van der Waals surface area (Å²) in [6.45, 7) is 5.09. The summed E-state index contributed by atoms with van der Waals surface area (Å²) in [5.74, 6) is -0.949. The summed E-state index contributed by atoms with van der Waals surface area (Å²) in [5, 5.41) is 2.91. The Balaban J connectivity index is 2.43. The Morgan fingerprint density at radius 1 is 1.43 bits per heavy atom. The van der Waals surface area contributed by atoms with Gasteiger partial charge >= 0.3 is 0 Å². The van der Waals surface area contributed by atoms with Gasteiger partial charge in [-0.1, -0.05) is 24.6 Å². The molecule has 2 amide bonds. The number of hydrogen-bond acceptors (Lipinski definition) is 2. The van der Waals surface area contributed by atoms with Crippen LogP contribution in [0.4, 0.5) is 4.39 Å². The van der Waals surface area contributed by atoms with Crippen molar-refractivity contribution in [2.45, 2.75) is 45.3 Å². The molecule has 6 heteroatoms. The molecular formula is C15H18ClFN2O2. The van der Waals surface area contributed by atoms with E-state index in [2.05, 4.69) is 5.32 Å². The maximum atomic E-state index is 14.0. The van der Waals surface area contributed by atoms with Gasteiger partial charge in [0.15, 0.2) is 0 Å². The van der Waals surface area contributed by atoms with Crippen LogP contribution in [0.1, 0.15) is 32.8 Å². The molecular weight excluding hydrogens is 295 g/mol. The van der Waals surface area contributed by atoms with Crippen LogP contribution in [0.5, 0.6) is 0 Å². The van der Waals surface area contributed by atoms with Crippen LogP contribution in [0.15, 0.2) is 18.2 Å². The monoisotopic (exact) mass is 312 g/mol. The van der Waals surface area contributed by atoms with Crippen molar-refractivity contribution in [3.8, 4) is 0 Å². The van der Waals surface area contributed by atoms with Crippen LogP contribution in [-0.4, -0.2) is 28.3 Å². The lowest BCUT2D eigenvalue weighted by Gasteiger charge is -2.45. The van der Waals surface area contributed by atoms with Crippen molar-refractivity contribution in [2.24, 2.45) is 0 Å². The summed E-state index contributed by atoms with van der Waals surface area (Å²) in [7, 11) is 0. The third-order valence-electron chi connectivity index (χ3n) is 4.14. The van der Waals surface area contributed by atoms with Gasteiger partial charge in [-0.25, -0.2) is 4.39 Å². The Morgan fingerprint density at radius 3 is 2.67 bits per heavy atom. The van der Waals surface area contributed by atoms with Gasteiger partial charge in [0.05, 0.1) is 6.54 Å². The zero-order valence-corrected chi connectivity index (χ0v) is 13.0. The summed E-state index contributed by atoms with van der Waals surface area (Å²) >= 11 is 6.03. The second-order valence-corrected chi connectivity index (χ2v) is 5.85. The molecule has 1 saturated heterocycles. The van der Waals surface area contributed by atoms with E-state index in [4.69, 9.17) is 11.6 Å². The first-order valence-corrected chi connectivity index (χ1v) is 7.24. The molecule has 0 radical (unpaired) electrons. The van der Waals surface area contributed by atoms with Gasteiger partial charge in [-0.05, 0) is 32.4 Å². The van der Waals surface area contributed by atoms with Crippen LogP contribution in [-0.2, 0) is 16.1 Å². The average Bonchev–Trinajstić information content (AvgIpc) is 2.44. The molecule has 1 aliphatic rings. The predicted octanol–water partition coefficient (Wildman–Crippen LogP) is 2.49. The fourth-order valence-corrected chi connectivity index (χ4v) is 2.68. The van der Waals surface area contributed by atoms with E-state index >= 15 is 0 Å². The SMILES string of the molecule is CCC1(C)C(=O)NC(C)C(=O)N1Cc1c(F)cccc1Cl. The molecule has 1 fully saturated rings. The van der Waals surface area contributed by atoms with Crippen molar-refractivity contribution in [1.82, 2.24) is 10.2 Å². The number of hydrogen-bond donors (Lipinski definition) is 1. The molecule has 0 aliphatic carbocycles. The lowest BCUT2D eigenvalue weighted by Crippen LogP contribution is -2.68. The Bertz CT molecular complexity index is 573. The number of carbonyl (C=O) groups excluding carboxylic acids is 2. The van der Waals surface area contributed by atoms with Crippen LogP contribution < -0.4 is 5.32 Å². The average molecular weight is 313 g/mol. The molecule has 1 N–H and O–H groups in total. The number of nitrogens with zero attached hydrogens (tertiary/aromatic N) is 1. The molecule has 0 saturated carbocycles. The molecule has 1 aromatic carbocycles. The molecule has 0 spiro atoms. The van der Waals surface area contributed by atoms with Crippen molar-refractivity contribution < 1.29 is 14.0 Å².